The van der Waals surface area contributed by atoms with Crippen LogP contribution in [-0.4, -0.2) is 11.4 Å². The van der Waals surface area contributed by atoms with Gasteiger partial charge >= 0.3 is 0 Å². The molecule has 0 unspecified atom stereocenters. The predicted molar refractivity (Wildman–Crippen MR) is 50.3 cm³/mol. The highest BCUT2D eigenvalue weighted by molar-refractivity contribution is 7.80. The number of aromatic hydroxyl groups is 1. The lowest BCUT2D eigenvalue weighted by Crippen LogP contribution is -1.62. The molecular formula is C7H10OS2. The van der Waals surface area contributed by atoms with Gasteiger partial charge < -0.3 is 5.11 Å². The minimum atomic E-state index is 0.280. The zero-order valence-corrected chi connectivity index (χ0v) is 7.44. The fourth-order valence-electron chi connectivity index (χ4n) is 0.453. The van der Waals surface area contributed by atoms with Gasteiger partial charge in [-0.15, -0.1) is 12.6 Å². The smallest absolute Gasteiger partial charge is 0.115 e. The van der Waals surface area contributed by atoms with E-state index in [1.807, 2.05) is 0 Å². The number of rotatable bonds is 0. The van der Waals surface area contributed by atoms with Crippen LogP contribution >= 0.6 is 25.3 Å². The van der Waals surface area contributed by atoms with Crippen LogP contribution in [0.3, 0.4) is 0 Å². The molecule has 0 aliphatic rings. The number of phenolic OH excluding ortho intramolecular Hbond substituents is 1. The molecule has 0 amide bonds. The standard InChI is InChI=1S/C6H6OS.CH4S/c7-5-1-3-6(8)4-2-5;1-2/h1-4,7-8H;2H,1H3. The molecule has 1 nitrogen and oxygen atoms in total. The van der Waals surface area contributed by atoms with Crippen LogP contribution in [0.4, 0.5) is 0 Å². The Labute approximate surface area is 71.9 Å². The summed E-state index contributed by atoms with van der Waals surface area (Å²) >= 11 is 7.55. The summed E-state index contributed by atoms with van der Waals surface area (Å²) in [6.07, 6.45) is 1.69. The molecule has 0 bridgehead atoms. The Morgan fingerprint density at radius 3 is 1.80 bits per heavy atom. The minimum Gasteiger partial charge on any atom is -0.508 e. The van der Waals surface area contributed by atoms with Crippen molar-refractivity contribution in [3.8, 4) is 5.75 Å². The quantitative estimate of drug-likeness (QED) is 0.515. The molecule has 3 heteroatoms. The van der Waals surface area contributed by atoms with Gasteiger partial charge in [-0.25, -0.2) is 0 Å². The van der Waals surface area contributed by atoms with Crippen LogP contribution in [0.1, 0.15) is 0 Å². The molecule has 10 heavy (non-hydrogen) atoms. The van der Waals surface area contributed by atoms with Gasteiger partial charge in [0.05, 0.1) is 0 Å². The Hall–Kier alpha value is -0.280. The van der Waals surface area contributed by atoms with Crippen LogP contribution in [-0.2, 0) is 0 Å². The maximum Gasteiger partial charge on any atom is 0.115 e. The summed E-state index contributed by atoms with van der Waals surface area (Å²) in [4.78, 5) is 0.864. The Morgan fingerprint density at radius 2 is 1.50 bits per heavy atom. The number of hydrogen-bond acceptors (Lipinski definition) is 3. The molecule has 0 fully saturated rings. The summed E-state index contributed by atoms with van der Waals surface area (Å²) in [5.74, 6) is 0.280. The predicted octanol–water partition coefficient (Wildman–Crippen LogP) is 2.23. The van der Waals surface area contributed by atoms with Crippen LogP contribution in [0.2, 0.25) is 0 Å². The molecule has 0 aliphatic heterocycles. The van der Waals surface area contributed by atoms with Crippen LogP contribution in [0.25, 0.3) is 0 Å². The van der Waals surface area contributed by atoms with Gasteiger partial charge in [-0.05, 0) is 30.5 Å². The normalized spacial score (nSPS) is 7.90. The zero-order valence-electron chi connectivity index (χ0n) is 5.65. The second-order valence-corrected chi connectivity index (χ2v) is 2.03. The van der Waals surface area contributed by atoms with Crippen molar-refractivity contribution in [1.29, 1.82) is 0 Å². The van der Waals surface area contributed by atoms with Gasteiger partial charge in [0.1, 0.15) is 5.75 Å². The first-order valence-electron chi connectivity index (χ1n) is 2.72. The first kappa shape index (κ1) is 9.72. The van der Waals surface area contributed by atoms with Gasteiger partial charge in [-0.2, -0.15) is 12.6 Å². The number of phenols is 1. The molecule has 0 aliphatic carbocycles. The Balaban J connectivity index is 0.000000371. The molecule has 0 spiro atoms. The van der Waals surface area contributed by atoms with E-state index in [0.717, 1.165) is 4.90 Å². The fraction of sp³-hybridized carbons (Fsp3) is 0.143. The third-order valence-electron chi connectivity index (χ3n) is 0.850. The maximum atomic E-state index is 8.72. The second kappa shape index (κ2) is 5.50. The van der Waals surface area contributed by atoms with E-state index in [2.05, 4.69) is 25.3 Å². The molecule has 1 rings (SSSR count). The molecule has 0 atom stereocenters. The number of benzene rings is 1. The van der Waals surface area contributed by atoms with Gasteiger partial charge in [0.2, 0.25) is 0 Å². The van der Waals surface area contributed by atoms with Crippen LogP contribution in [0.15, 0.2) is 29.2 Å². The molecule has 0 heterocycles. The van der Waals surface area contributed by atoms with Crippen molar-refractivity contribution in [1.82, 2.24) is 0 Å². The minimum absolute atomic E-state index is 0.280. The van der Waals surface area contributed by atoms with Gasteiger partial charge in [0.25, 0.3) is 0 Å². The van der Waals surface area contributed by atoms with Gasteiger partial charge in [0.15, 0.2) is 0 Å². The van der Waals surface area contributed by atoms with Crippen molar-refractivity contribution in [3.05, 3.63) is 24.3 Å². The number of thiol groups is 2. The first-order valence-corrected chi connectivity index (χ1v) is 4.06. The molecule has 0 saturated carbocycles. The Morgan fingerprint density at radius 1 is 1.10 bits per heavy atom. The lowest BCUT2D eigenvalue weighted by Gasteiger charge is -1.88. The van der Waals surface area contributed by atoms with Crippen LogP contribution in [0, 0.1) is 0 Å². The molecule has 0 aromatic heterocycles. The Kier molecular flexibility index (Phi) is 5.35. The molecule has 0 radical (unpaired) electrons. The third kappa shape index (κ3) is 3.69. The summed E-state index contributed by atoms with van der Waals surface area (Å²) in [5, 5.41) is 8.72. The van der Waals surface area contributed by atoms with Crippen molar-refractivity contribution in [2.45, 2.75) is 4.90 Å². The van der Waals surface area contributed by atoms with Gasteiger partial charge in [0, 0.05) is 4.90 Å². The highest BCUT2D eigenvalue weighted by Crippen LogP contribution is 2.11. The van der Waals surface area contributed by atoms with Crippen molar-refractivity contribution in [3.63, 3.8) is 0 Å². The monoisotopic (exact) mass is 174 g/mol. The lowest BCUT2D eigenvalue weighted by molar-refractivity contribution is 0.475. The van der Waals surface area contributed by atoms with E-state index in [4.69, 9.17) is 5.11 Å². The van der Waals surface area contributed by atoms with Crippen molar-refractivity contribution < 1.29 is 5.11 Å². The highest BCUT2D eigenvalue weighted by atomic mass is 32.1. The van der Waals surface area contributed by atoms with E-state index < -0.39 is 0 Å². The van der Waals surface area contributed by atoms with E-state index in [1.54, 1.807) is 30.5 Å². The largest absolute Gasteiger partial charge is 0.508 e. The highest BCUT2D eigenvalue weighted by Gasteiger charge is 1.82. The molecular weight excluding hydrogens is 164 g/mol. The summed E-state index contributed by atoms with van der Waals surface area (Å²) in [7, 11) is 0. The Bertz CT molecular complexity index is 150. The van der Waals surface area contributed by atoms with Crippen LogP contribution < -0.4 is 0 Å². The fourth-order valence-corrected chi connectivity index (χ4v) is 0.602. The van der Waals surface area contributed by atoms with E-state index in [1.165, 1.54) is 0 Å². The van der Waals surface area contributed by atoms with E-state index >= 15 is 0 Å². The topological polar surface area (TPSA) is 20.2 Å². The summed E-state index contributed by atoms with van der Waals surface area (Å²) in [6, 6.07) is 6.67. The molecule has 1 aromatic rings. The first-order chi connectivity index (χ1) is 4.79. The third-order valence-corrected chi connectivity index (χ3v) is 1.15. The molecule has 0 saturated heterocycles. The van der Waals surface area contributed by atoms with Crippen molar-refractivity contribution in [2.75, 3.05) is 6.26 Å². The molecule has 56 valence electrons. The van der Waals surface area contributed by atoms with E-state index in [9.17, 15) is 0 Å². The van der Waals surface area contributed by atoms with Crippen molar-refractivity contribution in [2.24, 2.45) is 0 Å². The van der Waals surface area contributed by atoms with Gasteiger partial charge in [-0.1, -0.05) is 0 Å². The van der Waals surface area contributed by atoms with Crippen LogP contribution in [0.5, 0.6) is 5.75 Å². The lowest BCUT2D eigenvalue weighted by atomic mass is 10.3. The van der Waals surface area contributed by atoms with E-state index in [0.29, 0.717) is 0 Å². The SMILES string of the molecule is CS.Oc1ccc(S)cc1. The summed E-state index contributed by atoms with van der Waals surface area (Å²) in [6.45, 7) is 0. The second-order valence-electron chi connectivity index (χ2n) is 1.52. The molecule has 1 aromatic carbocycles. The molecule has 1 N–H and O–H groups in total. The number of hydrogen-bond donors (Lipinski definition) is 3. The maximum absolute atomic E-state index is 8.72. The average molecular weight is 174 g/mol. The van der Waals surface area contributed by atoms with E-state index in [-0.39, 0.29) is 5.75 Å². The summed E-state index contributed by atoms with van der Waals surface area (Å²) in [5.41, 5.74) is 0. The van der Waals surface area contributed by atoms with Gasteiger partial charge in [-0.3, -0.25) is 0 Å². The average Bonchev–Trinajstić information content (AvgIpc) is 2.00. The summed E-state index contributed by atoms with van der Waals surface area (Å²) < 4.78 is 0. The zero-order chi connectivity index (χ0) is 7.98. The van der Waals surface area contributed by atoms with Crippen molar-refractivity contribution >= 4 is 25.3 Å².